The average molecular weight is 316 g/mol. The van der Waals surface area contributed by atoms with Crippen molar-refractivity contribution >= 4 is 16.6 Å². The van der Waals surface area contributed by atoms with E-state index in [1.54, 1.807) is 6.20 Å². The molecular weight excluding hydrogens is 296 g/mol. The maximum atomic E-state index is 9.28. The minimum Gasteiger partial charge on any atom is -0.366 e. The van der Waals surface area contributed by atoms with Crippen LogP contribution in [0.1, 0.15) is 11.1 Å². The van der Waals surface area contributed by atoms with E-state index in [0.29, 0.717) is 11.6 Å². The van der Waals surface area contributed by atoms with Gasteiger partial charge in [-0.25, -0.2) is 0 Å². The summed E-state index contributed by atoms with van der Waals surface area (Å²) in [6, 6.07) is 19.7. The Kier molecular flexibility index (Phi) is 3.94. The van der Waals surface area contributed by atoms with Gasteiger partial charge in [-0.15, -0.1) is 0 Å². The van der Waals surface area contributed by atoms with Crippen molar-refractivity contribution in [2.45, 2.75) is 12.5 Å². The van der Waals surface area contributed by atoms with E-state index < -0.39 is 0 Å². The summed E-state index contributed by atoms with van der Waals surface area (Å²) in [6.07, 6.45) is 2.80. The lowest BCUT2D eigenvalue weighted by atomic mass is 10.0. The topological polar surface area (TPSA) is 54.9 Å². The van der Waals surface area contributed by atoms with Crippen molar-refractivity contribution in [2.75, 3.05) is 24.5 Å². The molecule has 1 fully saturated rings. The number of nitriles is 1. The predicted molar refractivity (Wildman–Crippen MR) is 97.2 cm³/mol. The van der Waals surface area contributed by atoms with Crippen LogP contribution in [0.3, 0.4) is 0 Å². The summed E-state index contributed by atoms with van der Waals surface area (Å²) in [5.74, 6) is 0. The van der Waals surface area contributed by atoms with E-state index in [2.05, 4.69) is 69.8 Å². The third kappa shape index (κ3) is 2.75. The minimum atomic E-state index is 0.420. The molecule has 0 saturated carbocycles. The highest BCUT2D eigenvalue weighted by molar-refractivity contribution is 5.88. The number of nitrogens with zero attached hydrogens (tertiary/aromatic N) is 2. The fourth-order valence-electron chi connectivity index (χ4n) is 3.55. The van der Waals surface area contributed by atoms with Gasteiger partial charge in [-0.1, -0.05) is 30.3 Å². The van der Waals surface area contributed by atoms with Gasteiger partial charge in [0.2, 0.25) is 0 Å². The van der Waals surface area contributed by atoms with Gasteiger partial charge < -0.3 is 15.2 Å². The van der Waals surface area contributed by atoms with Gasteiger partial charge in [-0.2, -0.15) is 5.26 Å². The molecule has 2 aromatic carbocycles. The van der Waals surface area contributed by atoms with Gasteiger partial charge in [-0.05, 0) is 30.2 Å². The summed E-state index contributed by atoms with van der Waals surface area (Å²) in [5, 5.41) is 13.8. The monoisotopic (exact) mass is 316 g/mol. The Balaban J connectivity index is 1.66. The lowest BCUT2D eigenvalue weighted by Gasteiger charge is -2.38. The molecule has 4 heteroatoms. The van der Waals surface area contributed by atoms with Crippen LogP contribution in [0.15, 0.2) is 54.7 Å². The van der Waals surface area contributed by atoms with E-state index in [1.165, 1.54) is 11.3 Å². The first-order valence-electron chi connectivity index (χ1n) is 8.37. The normalized spacial score (nSPS) is 17.8. The average Bonchev–Trinajstić information content (AvgIpc) is 3.05. The molecule has 1 unspecified atom stereocenters. The number of aromatic nitrogens is 1. The number of hydrogen-bond donors (Lipinski definition) is 2. The Morgan fingerprint density at radius 2 is 2.04 bits per heavy atom. The Morgan fingerprint density at radius 3 is 2.88 bits per heavy atom. The van der Waals surface area contributed by atoms with E-state index in [9.17, 15) is 5.26 Å². The van der Waals surface area contributed by atoms with Crippen molar-refractivity contribution < 1.29 is 0 Å². The van der Waals surface area contributed by atoms with Crippen molar-refractivity contribution in [3.8, 4) is 6.07 Å². The highest BCUT2D eigenvalue weighted by atomic mass is 15.2. The Bertz CT molecular complexity index is 876. The molecular formula is C20H20N4. The van der Waals surface area contributed by atoms with Gasteiger partial charge in [0.25, 0.3) is 0 Å². The van der Waals surface area contributed by atoms with Gasteiger partial charge in [0, 0.05) is 48.5 Å². The molecule has 4 rings (SSSR count). The third-order valence-corrected chi connectivity index (χ3v) is 4.78. The summed E-state index contributed by atoms with van der Waals surface area (Å²) in [4.78, 5) is 5.64. The second kappa shape index (κ2) is 6.38. The van der Waals surface area contributed by atoms with Gasteiger partial charge in [0.05, 0.1) is 5.56 Å². The second-order valence-electron chi connectivity index (χ2n) is 6.29. The van der Waals surface area contributed by atoms with Gasteiger partial charge >= 0.3 is 0 Å². The number of anilines is 1. The number of aromatic amines is 1. The summed E-state index contributed by atoms with van der Waals surface area (Å²) >= 11 is 0. The lowest BCUT2D eigenvalue weighted by molar-refractivity contribution is 0.474. The van der Waals surface area contributed by atoms with Crippen molar-refractivity contribution in [1.82, 2.24) is 10.3 Å². The van der Waals surface area contributed by atoms with Gasteiger partial charge in [0.1, 0.15) is 6.07 Å². The molecule has 2 N–H and O–H groups in total. The molecule has 1 aliphatic heterocycles. The third-order valence-electron chi connectivity index (χ3n) is 4.78. The van der Waals surface area contributed by atoms with Crippen LogP contribution >= 0.6 is 0 Å². The zero-order valence-corrected chi connectivity index (χ0v) is 13.5. The molecule has 4 nitrogen and oxygen atoms in total. The molecule has 0 aliphatic carbocycles. The SMILES string of the molecule is N#Cc1c[nH]c2ccc(N3CCNCC3Cc3ccccc3)cc12. The van der Waals surface area contributed by atoms with Gasteiger partial charge in [0.15, 0.2) is 0 Å². The lowest BCUT2D eigenvalue weighted by Crippen LogP contribution is -2.52. The molecule has 120 valence electrons. The molecule has 0 spiro atoms. The van der Waals surface area contributed by atoms with Crippen LogP contribution < -0.4 is 10.2 Å². The summed E-state index contributed by atoms with van der Waals surface area (Å²) in [6.45, 7) is 2.95. The quantitative estimate of drug-likeness (QED) is 0.781. The Hall–Kier alpha value is -2.77. The molecule has 1 saturated heterocycles. The number of hydrogen-bond acceptors (Lipinski definition) is 3. The molecule has 1 aliphatic rings. The van der Waals surface area contributed by atoms with Crippen LogP contribution in [0.2, 0.25) is 0 Å². The van der Waals surface area contributed by atoms with E-state index >= 15 is 0 Å². The number of rotatable bonds is 3. The second-order valence-corrected chi connectivity index (χ2v) is 6.29. The first-order chi connectivity index (χ1) is 11.8. The van der Waals surface area contributed by atoms with E-state index in [1.807, 2.05) is 0 Å². The van der Waals surface area contributed by atoms with Crippen LogP contribution in [-0.4, -0.2) is 30.7 Å². The van der Waals surface area contributed by atoms with Crippen LogP contribution in [0.4, 0.5) is 5.69 Å². The number of fused-ring (bicyclic) bond motifs is 1. The molecule has 3 aromatic rings. The molecule has 0 amide bonds. The highest BCUT2D eigenvalue weighted by Crippen LogP contribution is 2.27. The highest BCUT2D eigenvalue weighted by Gasteiger charge is 2.23. The zero-order valence-electron chi connectivity index (χ0n) is 13.5. The maximum absolute atomic E-state index is 9.28. The predicted octanol–water partition coefficient (Wildman–Crippen LogP) is 3.06. The molecule has 1 aromatic heterocycles. The first kappa shape index (κ1) is 14.8. The van der Waals surface area contributed by atoms with Crippen molar-refractivity contribution in [3.63, 3.8) is 0 Å². The van der Waals surface area contributed by atoms with Crippen molar-refractivity contribution in [2.24, 2.45) is 0 Å². The Morgan fingerprint density at radius 1 is 1.17 bits per heavy atom. The van der Waals surface area contributed by atoms with Crippen molar-refractivity contribution in [1.29, 1.82) is 5.26 Å². The molecule has 0 radical (unpaired) electrons. The Labute approximate surface area is 141 Å². The van der Waals surface area contributed by atoms with Crippen LogP contribution in [0.25, 0.3) is 10.9 Å². The summed E-state index contributed by atoms with van der Waals surface area (Å²) < 4.78 is 0. The van der Waals surface area contributed by atoms with Crippen LogP contribution in [0.5, 0.6) is 0 Å². The molecule has 1 atom stereocenters. The van der Waals surface area contributed by atoms with Crippen LogP contribution in [-0.2, 0) is 6.42 Å². The number of H-pyrrole nitrogens is 1. The zero-order chi connectivity index (χ0) is 16.4. The number of benzene rings is 2. The summed E-state index contributed by atoms with van der Waals surface area (Å²) in [7, 11) is 0. The molecule has 0 bridgehead atoms. The fraction of sp³-hybridized carbons (Fsp3) is 0.250. The van der Waals surface area contributed by atoms with E-state index in [-0.39, 0.29) is 0 Å². The van der Waals surface area contributed by atoms with E-state index in [0.717, 1.165) is 37.0 Å². The number of nitrogens with one attached hydrogen (secondary N) is 2. The minimum absolute atomic E-state index is 0.420. The molecule has 2 heterocycles. The standard InChI is InChI=1S/C20H20N4/c21-12-16-13-23-20-7-6-17(11-19(16)20)24-9-8-22-14-18(24)10-15-4-2-1-3-5-15/h1-7,11,13,18,22-23H,8-10,14H2. The largest absolute Gasteiger partial charge is 0.366 e. The first-order valence-corrected chi connectivity index (χ1v) is 8.37. The van der Waals surface area contributed by atoms with Crippen LogP contribution in [0, 0.1) is 11.3 Å². The maximum Gasteiger partial charge on any atom is 0.101 e. The fourth-order valence-corrected chi connectivity index (χ4v) is 3.55. The molecule has 24 heavy (non-hydrogen) atoms. The number of piperazine rings is 1. The van der Waals surface area contributed by atoms with Crippen molar-refractivity contribution in [3.05, 3.63) is 65.9 Å². The van der Waals surface area contributed by atoms with E-state index in [4.69, 9.17) is 0 Å². The smallest absolute Gasteiger partial charge is 0.101 e. The van der Waals surface area contributed by atoms with Gasteiger partial charge in [-0.3, -0.25) is 0 Å². The summed E-state index contributed by atoms with van der Waals surface area (Å²) in [5.41, 5.74) is 4.28.